The van der Waals surface area contributed by atoms with E-state index in [1.165, 1.54) is 6.92 Å². The zero-order chi connectivity index (χ0) is 47.2. The van der Waals surface area contributed by atoms with E-state index in [4.69, 9.17) is 37.9 Å². The van der Waals surface area contributed by atoms with Crippen LogP contribution in [0.3, 0.4) is 0 Å². The summed E-state index contributed by atoms with van der Waals surface area (Å²) in [7, 11) is 0. The summed E-state index contributed by atoms with van der Waals surface area (Å²) in [6, 6.07) is 0. The molecule has 0 aromatic rings. The first kappa shape index (κ1) is 48.8. The number of aliphatic hydroxyl groups excluding tert-OH is 8. The average Bonchev–Trinajstić information content (AvgIpc) is 3.58. The third-order valence-electron chi connectivity index (χ3n) is 19.2. The van der Waals surface area contributed by atoms with Crippen molar-refractivity contribution in [3.05, 3.63) is 0 Å². The van der Waals surface area contributed by atoms with Crippen LogP contribution in [0.25, 0.3) is 0 Å². The van der Waals surface area contributed by atoms with Gasteiger partial charge in [0, 0.05) is 12.8 Å². The van der Waals surface area contributed by atoms with E-state index in [0.717, 1.165) is 32.1 Å². The summed E-state index contributed by atoms with van der Waals surface area (Å²) in [5.41, 5.74) is -3.47. The van der Waals surface area contributed by atoms with Gasteiger partial charge in [-0.15, -0.1) is 0 Å². The fourth-order valence-electron chi connectivity index (χ4n) is 16.1. The Kier molecular flexibility index (Phi) is 12.4. The van der Waals surface area contributed by atoms with Crippen LogP contribution in [0, 0.1) is 44.8 Å². The Labute approximate surface area is 381 Å². The second-order valence-electron chi connectivity index (χ2n) is 23.6. The van der Waals surface area contributed by atoms with Crippen molar-refractivity contribution >= 4 is 5.97 Å². The van der Waals surface area contributed by atoms with E-state index in [-0.39, 0.29) is 65.3 Å². The Morgan fingerprint density at radius 2 is 1.23 bits per heavy atom. The first-order valence-corrected chi connectivity index (χ1v) is 24.1. The van der Waals surface area contributed by atoms with Gasteiger partial charge in [0.25, 0.3) is 0 Å². The number of rotatable bonds is 9. The lowest BCUT2D eigenvalue weighted by Gasteiger charge is -2.65. The zero-order valence-corrected chi connectivity index (χ0v) is 39.2. The Bertz CT molecular complexity index is 1780. The number of carbonyl (C=O) groups excluding carboxylic acids is 1. The first-order chi connectivity index (χ1) is 30.2. The molecule has 0 amide bonds. The summed E-state index contributed by atoms with van der Waals surface area (Å²) in [5.74, 6) is -1.02. The minimum Gasteiger partial charge on any atom is -0.457 e. The zero-order valence-electron chi connectivity index (χ0n) is 39.2. The molecule has 9 aliphatic rings. The van der Waals surface area contributed by atoms with E-state index >= 15 is 0 Å². The van der Waals surface area contributed by atoms with Gasteiger partial charge in [-0.25, -0.2) is 0 Å². The number of esters is 1. The molecule has 4 saturated heterocycles. The largest absolute Gasteiger partial charge is 0.457 e. The normalized spacial score (nSPS) is 56.2. The van der Waals surface area contributed by atoms with Gasteiger partial charge in [-0.1, -0.05) is 27.7 Å². The standard InChI is InChI=1S/C47H76O18/c1-21(48)61-34-25(52)19-60-40(35(34)64-39-33(56)31(54)24(51)18-59-39)63-28-10-12-47-20-46(47)14-13-43(6)36(45(8)11-9-29(65-45)42(4,5)57)22(49)16-44(43,7)27(46)15-26(37(47)41(28,2)3)62-38-32(55)30(53)23(50)17-58-38/h22-40,49-57H,9-20H2,1-8H3/t22-,23-,24-,25+,26-,27-,28+,29-,30-,31-,32-,33+,34+,35+,36+,37+,38-,39-,40+,43+,44-,45+,46-,47+/m0/s1. The molecule has 18 nitrogen and oxygen atoms in total. The summed E-state index contributed by atoms with van der Waals surface area (Å²) < 4.78 is 50.1. The third kappa shape index (κ3) is 7.44. The molecule has 0 unspecified atom stereocenters. The van der Waals surface area contributed by atoms with Gasteiger partial charge >= 0.3 is 5.97 Å². The predicted molar refractivity (Wildman–Crippen MR) is 224 cm³/mol. The number of aliphatic hydroxyl groups is 9. The second kappa shape index (κ2) is 16.5. The van der Waals surface area contributed by atoms with Crippen molar-refractivity contribution < 1.29 is 88.6 Å². The van der Waals surface area contributed by atoms with Crippen molar-refractivity contribution in [2.75, 3.05) is 19.8 Å². The quantitative estimate of drug-likeness (QED) is 0.112. The smallest absolute Gasteiger partial charge is 0.303 e. The Morgan fingerprint density at radius 1 is 0.631 bits per heavy atom. The molecule has 5 saturated carbocycles. The van der Waals surface area contributed by atoms with Crippen molar-refractivity contribution in [2.24, 2.45) is 44.8 Å². The molecule has 372 valence electrons. The van der Waals surface area contributed by atoms with Gasteiger partial charge < -0.3 is 83.9 Å². The first-order valence-electron chi connectivity index (χ1n) is 24.1. The molecular weight excluding hydrogens is 852 g/mol. The van der Waals surface area contributed by atoms with Crippen molar-refractivity contribution in [1.29, 1.82) is 0 Å². The Hall–Kier alpha value is -1.17. The highest BCUT2D eigenvalue weighted by Gasteiger charge is 2.85. The maximum atomic E-state index is 12.4. The lowest BCUT2D eigenvalue weighted by Crippen LogP contribution is -2.65. The third-order valence-corrected chi connectivity index (χ3v) is 19.2. The van der Waals surface area contributed by atoms with Gasteiger partial charge in [0.15, 0.2) is 31.1 Å². The van der Waals surface area contributed by atoms with Gasteiger partial charge in [0.1, 0.15) is 42.7 Å². The topological polar surface area (TPSA) is 273 Å². The molecule has 24 atom stereocenters. The minimum absolute atomic E-state index is 0.0791. The van der Waals surface area contributed by atoms with Crippen molar-refractivity contribution in [3.63, 3.8) is 0 Å². The van der Waals surface area contributed by atoms with E-state index in [9.17, 15) is 50.8 Å². The SMILES string of the molecule is CC(=O)O[C@H]1[C@@H](O[C@@H]2OC[C@H](O)[C@H](O)[C@H]2O)[C@@H](O[C@@H]2CC[C@]34C[C@]35CC[C@]3(C)[C@H]([C@@]6(C)CC[C@@H](C(C)(C)O)O6)[C@@H](O)C[C@@]3(C)[C@@H]5C[C@H](O[C@@H]3OC[C@H](O)[C@H](O)[C@@H]3O)[C@@H]4C2(C)C)OC[C@H]1O. The van der Waals surface area contributed by atoms with Gasteiger partial charge in [0.2, 0.25) is 0 Å². The highest BCUT2D eigenvalue weighted by molar-refractivity contribution is 5.66. The van der Waals surface area contributed by atoms with Gasteiger partial charge in [0.05, 0.1) is 55.4 Å². The molecule has 0 aromatic heterocycles. The number of hydrogen-bond acceptors (Lipinski definition) is 18. The summed E-state index contributed by atoms with van der Waals surface area (Å²) in [6.45, 7) is 14.9. The lowest BCUT2D eigenvalue weighted by atomic mass is 9.41. The summed E-state index contributed by atoms with van der Waals surface area (Å²) in [4.78, 5) is 12.4. The van der Waals surface area contributed by atoms with E-state index in [2.05, 4.69) is 34.6 Å². The highest BCUT2D eigenvalue weighted by Crippen LogP contribution is 2.89. The van der Waals surface area contributed by atoms with Gasteiger partial charge in [-0.3, -0.25) is 4.79 Å². The summed E-state index contributed by atoms with van der Waals surface area (Å²) >= 11 is 0. The van der Waals surface area contributed by atoms with Crippen molar-refractivity contribution in [2.45, 2.75) is 223 Å². The van der Waals surface area contributed by atoms with Crippen LogP contribution in [0.4, 0.5) is 0 Å². The molecule has 5 aliphatic carbocycles. The molecule has 0 aromatic carbocycles. The highest BCUT2D eigenvalue weighted by atomic mass is 16.8. The Morgan fingerprint density at radius 3 is 1.83 bits per heavy atom. The molecule has 9 rings (SSSR count). The second-order valence-corrected chi connectivity index (χ2v) is 23.6. The summed E-state index contributed by atoms with van der Waals surface area (Å²) in [5, 5.41) is 98.3. The molecule has 4 heterocycles. The van der Waals surface area contributed by atoms with Crippen LogP contribution in [0.1, 0.15) is 113 Å². The molecule has 9 fully saturated rings. The molecule has 0 radical (unpaired) electrons. The molecule has 2 spiro atoms. The van der Waals surface area contributed by atoms with E-state index in [1.54, 1.807) is 13.8 Å². The molecule has 65 heavy (non-hydrogen) atoms. The van der Waals surface area contributed by atoms with E-state index in [0.29, 0.717) is 25.7 Å². The summed E-state index contributed by atoms with van der Waals surface area (Å²) in [6.07, 6.45) is -12.5. The lowest BCUT2D eigenvalue weighted by molar-refractivity contribution is -0.359. The number of fused-ring (bicyclic) bond motifs is 2. The van der Waals surface area contributed by atoms with Crippen LogP contribution in [-0.2, 0) is 42.7 Å². The molecule has 0 bridgehead atoms. The fourth-order valence-corrected chi connectivity index (χ4v) is 16.1. The molecule has 9 N–H and O–H groups in total. The molecule has 18 heteroatoms. The number of ether oxygens (including phenoxy) is 8. The Balaban J connectivity index is 1.04. The van der Waals surface area contributed by atoms with Crippen LogP contribution in [0.5, 0.6) is 0 Å². The number of carbonyl (C=O) groups is 1. The molecular formula is C47H76O18. The van der Waals surface area contributed by atoms with Crippen LogP contribution in [-0.4, -0.2) is 181 Å². The monoisotopic (exact) mass is 929 g/mol. The van der Waals surface area contributed by atoms with Crippen molar-refractivity contribution in [1.82, 2.24) is 0 Å². The predicted octanol–water partition coefficient (Wildman–Crippen LogP) is 0.397. The minimum atomic E-state index is -1.69. The maximum Gasteiger partial charge on any atom is 0.303 e. The van der Waals surface area contributed by atoms with Crippen LogP contribution in [0.15, 0.2) is 0 Å². The van der Waals surface area contributed by atoms with E-state index < -0.39 is 115 Å². The average molecular weight is 929 g/mol. The van der Waals surface area contributed by atoms with Gasteiger partial charge in [-0.05, 0) is 117 Å². The van der Waals surface area contributed by atoms with Crippen LogP contribution >= 0.6 is 0 Å². The van der Waals surface area contributed by atoms with Gasteiger partial charge in [-0.2, -0.15) is 0 Å². The van der Waals surface area contributed by atoms with Crippen LogP contribution < -0.4 is 0 Å². The molecule has 4 aliphatic heterocycles. The maximum absolute atomic E-state index is 12.4. The van der Waals surface area contributed by atoms with Crippen LogP contribution in [0.2, 0.25) is 0 Å². The fraction of sp³-hybridized carbons (Fsp3) is 0.979. The van der Waals surface area contributed by atoms with Crippen molar-refractivity contribution in [3.8, 4) is 0 Å². The van der Waals surface area contributed by atoms with E-state index in [1.807, 2.05) is 0 Å². The number of hydrogen-bond donors (Lipinski definition) is 9.